The van der Waals surface area contributed by atoms with Crippen molar-refractivity contribution in [1.29, 1.82) is 0 Å². The number of hydrogen-bond acceptors (Lipinski definition) is 6. The van der Waals surface area contributed by atoms with Gasteiger partial charge in [0.25, 0.3) is 5.91 Å². The maximum Gasteiger partial charge on any atom is 0.291 e. The van der Waals surface area contributed by atoms with Crippen LogP contribution < -0.4 is 5.32 Å². The van der Waals surface area contributed by atoms with Crippen LogP contribution in [0.25, 0.3) is 5.69 Å². The van der Waals surface area contributed by atoms with Gasteiger partial charge in [0.2, 0.25) is 5.82 Å². The van der Waals surface area contributed by atoms with Crippen LogP contribution in [0, 0.1) is 18.7 Å². The molecule has 156 valence electrons. The van der Waals surface area contributed by atoms with Crippen molar-refractivity contribution >= 4 is 5.91 Å². The number of nitrogens with zero attached hydrogens (tertiary/aromatic N) is 4. The van der Waals surface area contributed by atoms with Gasteiger partial charge in [-0.15, -0.1) is 5.10 Å². The van der Waals surface area contributed by atoms with Crippen LogP contribution in [0.2, 0.25) is 0 Å². The Morgan fingerprint density at radius 1 is 1.24 bits per heavy atom. The second kappa shape index (κ2) is 8.98. The molecule has 1 N–H and O–H groups in total. The maximum absolute atomic E-state index is 13.2. The molecule has 9 heteroatoms. The lowest BCUT2D eigenvalue weighted by atomic mass is 9.97. The summed E-state index contributed by atoms with van der Waals surface area (Å²) in [5, 5.41) is 7.31. The summed E-state index contributed by atoms with van der Waals surface area (Å²) in [6.07, 6.45) is 0.994. The first-order valence-electron chi connectivity index (χ1n) is 9.99. The van der Waals surface area contributed by atoms with E-state index in [9.17, 15) is 9.18 Å². The molecule has 2 aliphatic rings. The van der Waals surface area contributed by atoms with Crippen molar-refractivity contribution in [3.05, 3.63) is 41.7 Å². The number of rotatable bonds is 6. The van der Waals surface area contributed by atoms with Crippen LogP contribution in [0.1, 0.15) is 22.9 Å². The molecule has 0 aliphatic carbocycles. The number of hydrogen-bond donors (Lipinski definition) is 1. The largest absolute Gasteiger partial charge is 0.381 e. The molecule has 2 fully saturated rings. The number of carbonyl (C=O) groups is 1. The zero-order valence-corrected chi connectivity index (χ0v) is 16.5. The number of ether oxygens (including phenoxy) is 2. The van der Waals surface area contributed by atoms with Crippen molar-refractivity contribution in [2.24, 2.45) is 5.92 Å². The van der Waals surface area contributed by atoms with Crippen molar-refractivity contribution in [2.45, 2.75) is 19.4 Å². The summed E-state index contributed by atoms with van der Waals surface area (Å²) < 4.78 is 25.7. The Morgan fingerprint density at radius 3 is 2.69 bits per heavy atom. The fourth-order valence-electron chi connectivity index (χ4n) is 3.95. The van der Waals surface area contributed by atoms with Gasteiger partial charge in [-0.2, -0.15) is 0 Å². The number of carbonyl (C=O) groups excluding carboxylic acids is 1. The summed E-state index contributed by atoms with van der Waals surface area (Å²) in [6, 6.07) is 6.12. The Bertz CT molecular complexity index is 829. The van der Waals surface area contributed by atoms with E-state index in [1.54, 1.807) is 23.7 Å². The van der Waals surface area contributed by atoms with Gasteiger partial charge in [0.05, 0.1) is 25.5 Å². The molecule has 1 aromatic heterocycles. The fraction of sp³-hybridized carbons (Fsp3) is 0.550. The first-order valence-corrected chi connectivity index (χ1v) is 9.99. The molecule has 2 atom stereocenters. The first kappa shape index (κ1) is 19.9. The highest BCUT2D eigenvalue weighted by atomic mass is 19.1. The molecular formula is C20H26FN5O3. The minimum atomic E-state index is -0.325. The van der Waals surface area contributed by atoms with Crippen LogP contribution >= 0.6 is 0 Å². The third kappa shape index (κ3) is 4.63. The number of aryl methyl sites for hydroxylation is 1. The average molecular weight is 403 g/mol. The van der Waals surface area contributed by atoms with E-state index in [0.717, 1.165) is 26.1 Å². The summed E-state index contributed by atoms with van der Waals surface area (Å²) in [6.45, 7) is 6.89. The zero-order chi connectivity index (χ0) is 20.2. The number of morpholine rings is 1. The Labute approximate surface area is 169 Å². The lowest BCUT2D eigenvalue weighted by Crippen LogP contribution is -2.52. The molecular weight excluding hydrogens is 377 g/mol. The normalized spacial score (nSPS) is 21.2. The predicted molar refractivity (Wildman–Crippen MR) is 103 cm³/mol. The quantitative estimate of drug-likeness (QED) is 0.780. The highest BCUT2D eigenvalue weighted by Gasteiger charge is 2.32. The van der Waals surface area contributed by atoms with Crippen LogP contribution in [-0.2, 0) is 9.47 Å². The smallest absolute Gasteiger partial charge is 0.291 e. The van der Waals surface area contributed by atoms with Crippen molar-refractivity contribution in [3.63, 3.8) is 0 Å². The van der Waals surface area contributed by atoms with E-state index in [0.29, 0.717) is 43.8 Å². The molecule has 0 radical (unpaired) electrons. The van der Waals surface area contributed by atoms with Crippen LogP contribution in [0.3, 0.4) is 0 Å². The van der Waals surface area contributed by atoms with Gasteiger partial charge < -0.3 is 14.8 Å². The van der Waals surface area contributed by atoms with Gasteiger partial charge in [-0.25, -0.2) is 14.1 Å². The molecule has 2 aliphatic heterocycles. The zero-order valence-electron chi connectivity index (χ0n) is 16.5. The molecule has 1 amide bonds. The minimum absolute atomic E-state index is 0.107. The predicted octanol–water partition coefficient (Wildman–Crippen LogP) is 1.18. The van der Waals surface area contributed by atoms with E-state index in [1.807, 2.05) is 0 Å². The molecule has 0 saturated carbocycles. The first-order chi connectivity index (χ1) is 14.1. The maximum atomic E-state index is 13.2. The summed E-state index contributed by atoms with van der Waals surface area (Å²) >= 11 is 0. The molecule has 3 heterocycles. The van der Waals surface area contributed by atoms with Gasteiger partial charge in [0.1, 0.15) is 11.6 Å². The Balaban J connectivity index is 1.43. The van der Waals surface area contributed by atoms with E-state index in [2.05, 4.69) is 20.3 Å². The van der Waals surface area contributed by atoms with Crippen molar-refractivity contribution in [1.82, 2.24) is 25.0 Å². The number of halogens is 1. The fourth-order valence-corrected chi connectivity index (χ4v) is 3.95. The molecule has 29 heavy (non-hydrogen) atoms. The van der Waals surface area contributed by atoms with Crippen LogP contribution in [0.15, 0.2) is 24.3 Å². The monoisotopic (exact) mass is 403 g/mol. The van der Waals surface area contributed by atoms with E-state index >= 15 is 0 Å². The molecule has 0 bridgehead atoms. The average Bonchev–Trinajstić information content (AvgIpc) is 3.40. The number of nitrogens with one attached hydrogen (secondary N) is 1. The summed E-state index contributed by atoms with van der Waals surface area (Å²) in [5.74, 6) is 0.423. The van der Waals surface area contributed by atoms with E-state index in [-0.39, 0.29) is 23.6 Å². The Kier molecular flexibility index (Phi) is 6.17. The van der Waals surface area contributed by atoms with Gasteiger partial charge in [-0.05, 0) is 37.6 Å². The number of aromatic nitrogens is 3. The highest BCUT2D eigenvalue weighted by molar-refractivity contribution is 5.90. The second-order valence-corrected chi connectivity index (χ2v) is 7.42. The second-order valence-electron chi connectivity index (χ2n) is 7.42. The third-order valence-electron chi connectivity index (χ3n) is 5.54. The molecule has 4 rings (SSSR count). The summed E-state index contributed by atoms with van der Waals surface area (Å²) in [4.78, 5) is 19.4. The topological polar surface area (TPSA) is 81.5 Å². The highest BCUT2D eigenvalue weighted by Crippen LogP contribution is 2.22. The standard InChI is InChI=1S/C20H26FN5O3/c1-14-23-19(24-26(14)17-4-2-16(21)3-5-17)20(27)22-12-18(15-6-9-29-13-15)25-7-10-28-11-8-25/h2-5,15,18H,6-13H2,1H3,(H,22,27). The van der Waals surface area contributed by atoms with Crippen molar-refractivity contribution in [3.8, 4) is 5.69 Å². The SMILES string of the molecule is Cc1nc(C(=O)NCC(C2CCOC2)N2CCOCC2)nn1-c1ccc(F)cc1. The Morgan fingerprint density at radius 2 is 2.00 bits per heavy atom. The van der Waals surface area contributed by atoms with Gasteiger partial charge in [0.15, 0.2) is 0 Å². The molecule has 2 aromatic rings. The van der Waals surface area contributed by atoms with Crippen molar-refractivity contribution < 1.29 is 18.7 Å². The van der Waals surface area contributed by atoms with Crippen molar-refractivity contribution in [2.75, 3.05) is 46.1 Å². The summed E-state index contributed by atoms with van der Waals surface area (Å²) in [5.41, 5.74) is 0.657. The lowest BCUT2D eigenvalue weighted by Gasteiger charge is -2.37. The van der Waals surface area contributed by atoms with Crippen LogP contribution in [0.5, 0.6) is 0 Å². The molecule has 2 saturated heterocycles. The van der Waals surface area contributed by atoms with E-state index in [4.69, 9.17) is 9.47 Å². The third-order valence-corrected chi connectivity index (χ3v) is 5.54. The summed E-state index contributed by atoms with van der Waals surface area (Å²) in [7, 11) is 0. The lowest BCUT2D eigenvalue weighted by molar-refractivity contribution is 0.00164. The van der Waals surface area contributed by atoms with E-state index < -0.39 is 0 Å². The van der Waals surface area contributed by atoms with E-state index in [1.165, 1.54) is 12.1 Å². The molecule has 8 nitrogen and oxygen atoms in total. The number of amides is 1. The number of benzene rings is 1. The Hall–Kier alpha value is -2.36. The van der Waals surface area contributed by atoms with Gasteiger partial charge >= 0.3 is 0 Å². The van der Waals surface area contributed by atoms with Crippen LogP contribution in [-0.4, -0.2) is 77.7 Å². The van der Waals surface area contributed by atoms with Crippen LogP contribution in [0.4, 0.5) is 4.39 Å². The molecule has 2 unspecified atom stereocenters. The van der Waals surface area contributed by atoms with Gasteiger partial charge in [-0.3, -0.25) is 9.69 Å². The van der Waals surface area contributed by atoms with Gasteiger partial charge in [0, 0.05) is 38.2 Å². The molecule has 0 spiro atoms. The van der Waals surface area contributed by atoms with Gasteiger partial charge in [-0.1, -0.05) is 0 Å². The minimum Gasteiger partial charge on any atom is -0.381 e. The molecule has 1 aromatic carbocycles.